The molecule has 8 nitrogen and oxygen atoms in total. The van der Waals surface area contributed by atoms with Crippen LogP contribution in [-0.4, -0.2) is 27.5 Å². The maximum Gasteiger partial charge on any atom is 0.332 e. The van der Waals surface area contributed by atoms with Crippen molar-refractivity contribution < 1.29 is 9.59 Å². The summed E-state index contributed by atoms with van der Waals surface area (Å²) in [5.74, 6) is -0.627. The summed E-state index contributed by atoms with van der Waals surface area (Å²) in [6.07, 6.45) is 0.663. The molecular formula is C33H28Cl2N4O4. The van der Waals surface area contributed by atoms with Crippen molar-refractivity contribution in [1.82, 2.24) is 19.8 Å². The van der Waals surface area contributed by atoms with Crippen molar-refractivity contribution in [2.75, 3.05) is 6.54 Å². The molecule has 0 bridgehead atoms. The zero-order valence-electron chi connectivity index (χ0n) is 23.1. The number of hydrogen-bond donors (Lipinski definition) is 2. The summed E-state index contributed by atoms with van der Waals surface area (Å²) < 4.78 is 2.39. The maximum atomic E-state index is 13.6. The summed E-state index contributed by atoms with van der Waals surface area (Å²) in [6, 6.07) is 28.0. The van der Waals surface area contributed by atoms with E-state index in [4.69, 9.17) is 23.2 Å². The summed E-state index contributed by atoms with van der Waals surface area (Å²) in [5.41, 5.74) is 2.22. The number of halogens is 2. The van der Waals surface area contributed by atoms with Crippen molar-refractivity contribution in [3.05, 3.63) is 150 Å². The standard InChI is InChI=1S/C33H28Cl2N4O4/c34-26-15-11-22(12-16-26)17-18-36-31(41)24-13-9-23(10-14-24)20-39-32(42)27-6-2-4-8-29(27)38(33(39)43)21-30(40)37-19-25-5-1-3-7-28(25)35/h1-16H,17-21H2,(H,36,41)(H,37,40). The van der Waals surface area contributed by atoms with Crippen LogP contribution in [0.4, 0.5) is 0 Å². The largest absolute Gasteiger partial charge is 0.352 e. The molecule has 2 N–H and O–H groups in total. The minimum Gasteiger partial charge on any atom is -0.352 e. The average Bonchev–Trinajstić information content (AvgIpc) is 3.02. The van der Waals surface area contributed by atoms with Gasteiger partial charge in [0, 0.05) is 28.7 Å². The minimum atomic E-state index is -0.611. The van der Waals surface area contributed by atoms with Gasteiger partial charge >= 0.3 is 5.69 Å². The smallest absolute Gasteiger partial charge is 0.332 e. The van der Waals surface area contributed by atoms with Crippen molar-refractivity contribution in [3.63, 3.8) is 0 Å². The molecular weight excluding hydrogens is 587 g/mol. The zero-order valence-corrected chi connectivity index (χ0v) is 24.6. The lowest BCUT2D eigenvalue weighted by atomic mass is 10.1. The fourth-order valence-corrected chi connectivity index (χ4v) is 5.04. The molecule has 10 heteroatoms. The van der Waals surface area contributed by atoms with Gasteiger partial charge < -0.3 is 10.6 Å². The van der Waals surface area contributed by atoms with Gasteiger partial charge in [0.25, 0.3) is 11.5 Å². The Hall–Kier alpha value is -4.66. The van der Waals surface area contributed by atoms with Gasteiger partial charge in [-0.15, -0.1) is 0 Å². The molecule has 0 fully saturated rings. The van der Waals surface area contributed by atoms with Crippen LogP contribution in [0, 0.1) is 0 Å². The summed E-state index contributed by atoms with van der Waals surface area (Å²) in [6.45, 7) is 0.355. The number of nitrogens with zero attached hydrogens (tertiary/aromatic N) is 2. The molecule has 218 valence electrons. The number of aromatic nitrogens is 2. The Morgan fingerprint density at radius 3 is 2.14 bits per heavy atom. The summed E-state index contributed by atoms with van der Waals surface area (Å²) >= 11 is 12.1. The van der Waals surface area contributed by atoms with Gasteiger partial charge in [-0.1, -0.05) is 77.8 Å². The van der Waals surface area contributed by atoms with E-state index in [9.17, 15) is 19.2 Å². The molecule has 0 radical (unpaired) electrons. The molecule has 0 saturated carbocycles. The number of amides is 2. The van der Waals surface area contributed by atoms with Crippen molar-refractivity contribution in [1.29, 1.82) is 0 Å². The van der Waals surface area contributed by atoms with Gasteiger partial charge in [0.15, 0.2) is 0 Å². The van der Waals surface area contributed by atoms with Crippen molar-refractivity contribution >= 4 is 45.9 Å². The van der Waals surface area contributed by atoms with Crippen LogP contribution in [0.25, 0.3) is 10.9 Å². The van der Waals surface area contributed by atoms with Crippen LogP contribution in [0.5, 0.6) is 0 Å². The van der Waals surface area contributed by atoms with Gasteiger partial charge in [0.2, 0.25) is 5.91 Å². The monoisotopic (exact) mass is 614 g/mol. The van der Waals surface area contributed by atoms with E-state index in [-0.39, 0.29) is 25.5 Å². The van der Waals surface area contributed by atoms with E-state index in [0.29, 0.717) is 45.0 Å². The van der Waals surface area contributed by atoms with E-state index in [1.807, 2.05) is 30.3 Å². The third kappa shape index (κ3) is 7.23. The molecule has 0 aliphatic heterocycles. The van der Waals surface area contributed by atoms with Crippen molar-refractivity contribution in [2.24, 2.45) is 0 Å². The molecule has 1 heterocycles. The molecule has 0 saturated heterocycles. The zero-order chi connectivity index (χ0) is 30.3. The highest BCUT2D eigenvalue weighted by molar-refractivity contribution is 6.31. The Bertz CT molecular complexity index is 1900. The van der Waals surface area contributed by atoms with Gasteiger partial charge in [0.05, 0.1) is 17.4 Å². The predicted molar refractivity (Wildman–Crippen MR) is 169 cm³/mol. The van der Waals surface area contributed by atoms with Crippen LogP contribution in [0.1, 0.15) is 27.0 Å². The Morgan fingerprint density at radius 1 is 0.721 bits per heavy atom. The number of fused-ring (bicyclic) bond motifs is 1. The fraction of sp³-hybridized carbons (Fsp3) is 0.152. The quantitative estimate of drug-likeness (QED) is 0.236. The van der Waals surface area contributed by atoms with E-state index in [0.717, 1.165) is 15.7 Å². The SMILES string of the molecule is O=C(Cn1c(=O)n(Cc2ccc(C(=O)NCCc3ccc(Cl)cc3)cc2)c(=O)c2ccccc21)NCc1ccccc1Cl. The molecule has 5 rings (SSSR count). The van der Waals surface area contributed by atoms with Gasteiger partial charge in [-0.3, -0.25) is 23.5 Å². The first-order valence-electron chi connectivity index (χ1n) is 13.6. The highest BCUT2D eigenvalue weighted by Gasteiger charge is 2.16. The second-order valence-corrected chi connectivity index (χ2v) is 10.8. The Labute approximate surface area is 257 Å². The van der Waals surface area contributed by atoms with Crippen LogP contribution >= 0.6 is 23.2 Å². The van der Waals surface area contributed by atoms with E-state index >= 15 is 0 Å². The predicted octanol–water partition coefficient (Wildman–Crippen LogP) is 4.81. The number of nitrogens with one attached hydrogen (secondary N) is 2. The number of para-hydroxylation sites is 1. The molecule has 0 aliphatic carbocycles. The molecule has 43 heavy (non-hydrogen) atoms. The van der Waals surface area contributed by atoms with Crippen molar-refractivity contribution in [3.8, 4) is 0 Å². The first-order chi connectivity index (χ1) is 20.8. The van der Waals surface area contributed by atoms with Gasteiger partial charge in [-0.2, -0.15) is 0 Å². The highest BCUT2D eigenvalue weighted by Crippen LogP contribution is 2.15. The first-order valence-corrected chi connectivity index (χ1v) is 14.4. The van der Waals surface area contributed by atoms with Gasteiger partial charge in [-0.25, -0.2) is 4.79 Å². The Kier molecular flexibility index (Phi) is 9.39. The molecule has 0 aliphatic rings. The minimum absolute atomic E-state index is 0.0256. The number of rotatable bonds is 10. The summed E-state index contributed by atoms with van der Waals surface area (Å²) in [5, 5.41) is 7.19. The maximum absolute atomic E-state index is 13.6. The molecule has 0 spiro atoms. The first kappa shape index (κ1) is 29.8. The topological polar surface area (TPSA) is 102 Å². The summed E-state index contributed by atoms with van der Waals surface area (Å²) in [7, 11) is 0. The lowest BCUT2D eigenvalue weighted by Crippen LogP contribution is -2.42. The fourth-order valence-electron chi connectivity index (χ4n) is 4.72. The lowest BCUT2D eigenvalue weighted by Gasteiger charge is -2.15. The number of carbonyl (C=O) groups is 2. The van der Waals surface area contributed by atoms with E-state index in [2.05, 4.69) is 10.6 Å². The Balaban J connectivity index is 1.30. The van der Waals surface area contributed by atoms with E-state index < -0.39 is 17.2 Å². The van der Waals surface area contributed by atoms with Crippen molar-refractivity contribution in [2.45, 2.75) is 26.1 Å². The van der Waals surface area contributed by atoms with Crippen LogP contribution in [0.3, 0.4) is 0 Å². The average molecular weight is 616 g/mol. The van der Waals surface area contributed by atoms with Crippen LogP contribution in [0.2, 0.25) is 10.0 Å². The molecule has 5 aromatic rings. The van der Waals surface area contributed by atoms with Gasteiger partial charge in [0.1, 0.15) is 6.54 Å². The molecule has 0 atom stereocenters. The van der Waals surface area contributed by atoms with E-state index in [1.54, 1.807) is 66.7 Å². The summed E-state index contributed by atoms with van der Waals surface area (Å²) in [4.78, 5) is 52.4. The third-order valence-corrected chi connectivity index (χ3v) is 7.66. The van der Waals surface area contributed by atoms with Crippen LogP contribution in [0.15, 0.2) is 107 Å². The Morgan fingerprint density at radius 2 is 1.40 bits per heavy atom. The highest BCUT2D eigenvalue weighted by atomic mass is 35.5. The third-order valence-electron chi connectivity index (χ3n) is 7.04. The number of benzene rings is 4. The number of carbonyl (C=O) groups excluding carboxylic acids is 2. The molecule has 0 unspecified atom stereocenters. The van der Waals surface area contributed by atoms with E-state index in [1.165, 1.54) is 4.57 Å². The molecule has 2 amide bonds. The van der Waals surface area contributed by atoms with Gasteiger partial charge in [-0.05, 0) is 65.6 Å². The normalized spacial score (nSPS) is 10.9. The second kappa shape index (κ2) is 13.5. The molecule has 4 aromatic carbocycles. The lowest BCUT2D eigenvalue weighted by molar-refractivity contribution is -0.121. The van der Waals surface area contributed by atoms with Crippen LogP contribution < -0.4 is 21.9 Å². The second-order valence-electron chi connectivity index (χ2n) is 9.97. The molecule has 1 aromatic heterocycles. The van der Waals surface area contributed by atoms with Crippen LogP contribution in [-0.2, 0) is 30.8 Å². The number of hydrogen-bond acceptors (Lipinski definition) is 4.